The maximum Gasteiger partial charge on any atom is 0.259 e. The molecule has 1 aromatic carbocycles. The molecule has 7 nitrogen and oxygen atoms in total. The standard InChI is InChI=1S/C19H18N6OS2/c1-10-6-7-13(11(2)8-10)25-19(22-23-24-25)27-9-15-20-17(26)16-12-4-3-5-14(12)28-18(16)21-15/h6-8H,3-5,9H2,1-2H3,(H,20,21,26). The highest BCUT2D eigenvalue weighted by molar-refractivity contribution is 7.98. The number of aromatic nitrogens is 6. The van der Waals surface area contributed by atoms with Crippen LogP contribution in [0.3, 0.4) is 0 Å². The molecule has 0 bridgehead atoms. The molecule has 0 atom stereocenters. The van der Waals surface area contributed by atoms with Crippen LogP contribution in [0.15, 0.2) is 28.2 Å². The summed E-state index contributed by atoms with van der Waals surface area (Å²) in [5.74, 6) is 1.15. The fourth-order valence-electron chi connectivity index (χ4n) is 3.71. The quantitative estimate of drug-likeness (QED) is 0.519. The molecule has 0 aliphatic heterocycles. The molecule has 3 heterocycles. The van der Waals surface area contributed by atoms with E-state index >= 15 is 0 Å². The molecule has 0 radical (unpaired) electrons. The minimum Gasteiger partial charge on any atom is -0.309 e. The SMILES string of the molecule is Cc1ccc(-n2nnnc2SCc2nc3sc4c(c3c(=O)[nH]2)CCC4)c(C)c1. The van der Waals surface area contributed by atoms with Crippen molar-refractivity contribution in [3.05, 3.63) is 55.9 Å². The van der Waals surface area contributed by atoms with Crippen molar-refractivity contribution in [1.82, 2.24) is 30.2 Å². The molecule has 0 amide bonds. The Balaban J connectivity index is 1.43. The number of rotatable bonds is 4. The second-order valence-electron chi connectivity index (χ2n) is 7.00. The molecule has 4 aromatic rings. The Hall–Kier alpha value is -2.52. The Bertz CT molecular complexity index is 1260. The number of aryl methyl sites for hydroxylation is 4. The van der Waals surface area contributed by atoms with Crippen molar-refractivity contribution >= 4 is 33.3 Å². The van der Waals surface area contributed by atoms with E-state index in [-0.39, 0.29) is 5.56 Å². The third-order valence-electron chi connectivity index (χ3n) is 4.98. The Morgan fingerprint density at radius 1 is 1.29 bits per heavy atom. The van der Waals surface area contributed by atoms with Gasteiger partial charge in [0.05, 0.1) is 16.8 Å². The highest BCUT2D eigenvalue weighted by atomic mass is 32.2. The number of tetrazole rings is 1. The van der Waals surface area contributed by atoms with Gasteiger partial charge in [0, 0.05) is 4.88 Å². The molecular weight excluding hydrogens is 392 g/mol. The van der Waals surface area contributed by atoms with Crippen LogP contribution in [0.4, 0.5) is 0 Å². The van der Waals surface area contributed by atoms with E-state index in [2.05, 4.69) is 33.5 Å². The molecule has 3 aromatic heterocycles. The van der Waals surface area contributed by atoms with Crippen LogP contribution >= 0.6 is 23.1 Å². The van der Waals surface area contributed by atoms with Gasteiger partial charge >= 0.3 is 0 Å². The molecule has 0 saturated heterocycles. The van der Waals surface area contributed by atoms with E-state index in [1.165, 1.54) is 27.8 Å². The Labute approximate surface area is 169 Å². The van der Waals surface area contributed by atoms with Crippen LogP contribution in [-0.4, -0.2) is 30.2 Å². The molecular formula is C19H18N6OS2. The highest BCUT2D eigenvalue weighted by Gasteiger charge is 2.21. The average molecular weight is 411 g/mol. The minimum absolute atomic E-state index is 0.0334. The van der Waals surface area contributed by atoms with Crippen molar-refractivity contribution in [2.75, 3.05) is 0 Å². The van der Waals surface area contributed by atoms with Gasteiger partial charge in [-0.15, -0.1) is 16.4 Å². The van der Waals surface area contributed by atoms with Crippen molar-refractivity contribution in [3.63, 3.8) is 0 Å². The van der Waals surface area contributed by atoms with E-state index < -0.39 is 0 Å². The molecule has 28 heavy (non-hydrogen) atoms. The molecule has 1 aliphatic carbocycles. The lowest BCUT2D eigenvalue weighted by Crippen LogP contribution is -2.11. The van der Waals surface area contributed by atoms with E-state index in [1.54, 1.807) is 16.0 Å². The van der Waals surface area contributed by atoms with Gasteiger partial charge in [0.15, 0.2) is 0 Å². The number of H-pyrrole nitrogens is 1. The lowest BCUT2D eigenvalue weighted by Gasteiger charge is -2.08. The predicted molar refractivity (Wildman–Crippen MR) is 110 cm³/mol. The van der Waals surface area contributed by atoms with Gasteiger partial charge in [0.25, 0.3) is 5.56 Å². The zero-order valence-electron chi connectivity index (χ0n) is 15.5. The van der Waals surface area contributed by atoms with Crippen molar-refractivity contribution in [2.24, 2.45) is 0 Å². The first-order valence-corrected chi connectivity index (χ1v) is 10.9. The van der Waals surface area contributed by atoms with Crippen molar-refractivity contribution < 1.29 is 0 Å². The van der Waals surface area contributed by atoms with Gasteiger partial charge in [0.1, 0.15) is 10.7 Å². The molecule has 9 heteroatoms. The predicted octanol–water partition coefficient (Wildman–Crippen LogP) is 3.36. The van der Waals surface area contributed by atoms with Crippen LogP contribution in [0.25, 0.3) is 15.9 Å². The number of hydrogen-bond donors (Lipinski definition) is 1. The molecule has 1 aliphatic rings. The first kappa shape index (κ1) is 17.6. The lowest BCUT2D eigenvalue weighted by atomic mass is 10.1. The van der Waals surface area contributed by atoms with Crippen LogP contribution in [0, 0.1) is 13.8 Å². The Morgan fingerprint density at radius 2 is 2.18 bits per heavy atom. The second kappa shape index (κ2) is 6.82. The van der Waals surface area contributed by atoms with E-state index in [0.717, 1.165) is 40.7 Å². The lowest BCUT2D eigenvalue weighted by molar-refractivity contribution is 0.751. The fourth-order valence-corrected chi connectivity index (χ4v) is 5.75. The maximum atomic E-state index is 12.6. The summed E-state index contributed by atoms with van der Waals surface area (Å²) in [7, 11) is 0. The monoisotopic (exact) mass is 410 g/mol. The maximum absolute atomic E-state index is 12.6. The smallest absolute Gasteiger partial charge is 0.259 e. The number of benzene rings is 1. The molecule has 0 saturated carbocycles. The van der Waals surface area contributed by atoms with Crippen LogP contribution in [0.1, 0.15) is 33.8 Å². The van der Waals surface area contributed by atoms with Crippen LogP contribution < -0.4 is 5.56 Å². The van der Waals surface area contributed by atoms with Gasteiger partial charge in [-0.1, -0.05) is 29.5 Å². The van der Waals surface area contributed by atoms with Crippen molar-refractivity contribution in [3.8, 4) is 5.69 Å². The number of nitrogens with zero attached hydrogens (tertiary/aromatic N) is 5. The van der Waals surface area contributed by atoms with Crippen LogP contribution in [-0.2, 0) is 18.6 Å². The summed E-state index contributed by atoms with van der Waals surface area (Å²) < 4.78 is 1.73. The van der Waals surface area contributed by atoms with Crippen LogP contribution in [0.2, 0.25) is 0 Å². The van der Waals surface area contributed by atoms with E-state index in [4.69, 9.17) is 4.98 Å². The minimum atomic E-state index is -0.0334. The molecule has 0 spiro atoms. The first-order chi connectivity index (χ1) is 13.6. The zero-order chi connectivity index (χ0) is 19.3. The van der Waals surface area contributed by atoms with E-state index in [9.17, 15) is 4.79 Å². The number of nitrogens with one attached hydrogen (secondary N) is 1. The summed E-state index contributed by atoms with van der Waals surface area (Å²) in [5, 5.41) is 13.6. The summed E-state index contributed by atoms with van der Waals surface area (Å²) in [4.78, 5) is 22.4. The summed E-state index contributed by atoms with van der Waals surface area (Å²) in [5.41, 5.74) is 4.42. The molecule has 0 fully saturated rings. The molecule has 5 rings (SSSR count). The third-order valence-corrected chi connectivity index (χ3v) is 7.10. The largest absolute Gasteiger partial charge is 0.309 e. The number of hydrogen-bond acceptors (Lipinski definition) is 7. The second-order valence-corrected chi connectivity index (χ2v) is 9.03. The number of fused-ring (bicyclic) bond motifs is 3. The summed E-state index contributed by atoms with van der Waals surface area (Å²) in [6, 6.07) is 6.17. The summed E-state index contributed by atoms with van der Waals surface area (Å²) in [6.07, 6.45) is 3.18. The third kappa shape index (κ3) is 2.94. The molecule has 0 unspecified atom stereocenters. The first-order valence-electron chi connectivity index (χ1n) is 9.12. The van der Waals surface area contributed by atoms with Gasteiger partial charge < -0.3 is 4.98 Å². The van der Waals surface area contributed by atoms with E-state index in [1.807, 2.05) is 19.1 Å². The van der Waals surface area contributed by atoms with Crippen LogP contribution in [0.5, 0.6) is 0 Å². The van der Waals surface area contributed by atoms with E-state index in [0.29, 0.717) is 16.7 Å². The van der Waals surface area contributed by atoms with Gasteiger partial charge in [0.2, 0.25) is 5.16 Å². The summed E-state index contributed by atoms with van der Waals surface area (Å²) in [6.45, 7) is 4.10. The van der Waals surface area contributed by atoms with Gasteiger partial charge in [-0.05, 0) is 60.7 Å². The Morgan fingerprint density at radius 3 is 3.04 bits per heavy atom. The number of thioether (sulfide) groups is 1. The van der Waals surface area contributed by atoms with Crippen molar-refractivity contribution in [1.29, 1.82) is 0 Å². The summed E-state index contributed by atoms with van der Waals surface area (Å²) >= 11 is 3.12. The fraction of sp³-hybridized carbons (Fsp3) is 0.316. The van der Waals surface area contributed by atoms with Crippen molar-refractivity contribution in [2.45, 2.75) is 44.0 Å². The van der Waals surface area contributed by atoms with Gasteiger partial charge in [-0.3, -0.25) is 4.79 Å². The molecule has 142 valence electrons. The topological polar surface area (TPSA) is 89.3 Å². The zero-order valence-corrected chi connectivity index (χ0v) is 17.2. The Kier molecular flexibility index (Phi) is 4.28. The number of aromatic amines is 1. The highest BCUT2D eigenvalue weighted by Crippen LogP contribution is 2.34. The normalized spacial score (nSPS) is 13.4. The van der Waals surface area contributed by atoms with Gasteiger partial charge in [-0.2, -0.15) is 4.68 Å². The van der Waals surface area contributed by atoms with Gasteiger partial charge in [-0.25, -0.2) is 4.98 Å². The number of thiophene rings is 1. The average Bonchev–Trinajstić information content (AvgIpc) is 3.35. The molecule has 1 N–H and O–H groups in total.